The zero-order valence-electron chi connectivity index (χ0n) is 12.5. The number of nitrogens with zero attached hydrogens (tertiary/aromatic N) is 1. The number of rotatable bonds is 5. The highest BCUT2D eigenvalue weighted by molar-refractivity contribution is 5.72. The Morgan fingerprint density at radius 2 is 1.91 bits per heavy atom. The second-order valence-corrected chi connectivity index (χ2v) is 5.59. The van der Waals surface area contributed by atoms with Crippen molar-refractivity contribution in [1.29, 1.82) is 0 Å². The summed E-state index contributed by atoms with van der Waals surface area (Å²) in [5, 5.41) is 24.2. The third kappa shape index (κ3) is 5.39. The van der Waals surface area contributed by atoms with E-state index in [4.69, 9.17) is 4.74 Å². The number of alkyl carbamates (subject to hydrolysis) is 1. The molecule has 0 saturated carbocycles. The number of nitro groups is 1. The lowest BCUT2D eigenvalue weighted by atomic mass is 10.0. The fraction of sp³-hybridized carbons (Fsp3) is 0.429. The average Bonchev–Trinajstić information content (AvgIpc) is 2.35. The van der Waals surface area contributed by atoms with Gasteiger partial charge in [-0.25, -0.2) is 4.79 Å². The van der Waals surface area contributed by atoms with Crippen molar-refractivity contribution in [2.45, 2.75) is 38.8 Å². The van der Waals surface area contributed by atoms with E-state index in [1.165, 1.54) is 24.3 Å². The Morgan fingerprint density at radius 1 is 1.32 bits per heavy atom. The van der Waals surface area contributed by atoms with Gasteiger partial charge in [-0.2, -0.15) is 0 Å². The fourth-order valence-electron chi connectivity index (χ4n) is 1.80. The standard InChI is InChI=1S/C14H18N2O6/c1-14(2,3)22-13(19)15-10(8-12(17)18)9-6-4-5-7-11(9)16(20)21/h4-7,10H,8H2,1-3H3,(H,15,19)(H,17,18)/p-1/t10-/m0/s1. The molecule has 1 aromatic carbocycles. The predicted molar refractivity (Wildman–Crippen MR) is 74.8 cm³/mol. The molecule has 0 unspecified atom stereocenters. The largest absolute Gasteiger partial charge is 0.550 e. The van der Waals surface area contributed by atoms with Gasteiger partial charge >= 0.3 is 6.09 Å². The van der Waals surface area contributed by atoms with Crippen LogP contribution in [0, 0.1) is 10.1 Å². The maximum absolute atomic E-state index is 11.8. The van der Waals surface area contributed by atoms with E-state index in [1.807, 2.05) is 0 Å². The van der Waals surface area contributed by atoms with E-state index in [0.717, 1.165) is 0 Å². The minimum absolute atomic E-state index is 0.0718. The van der Waals surface area contributed by atoms with Crippen LogP contribution in [-0.2, 0) is 9.53 Å². The molecule has 1 rings (SSSR count). The third-order valence-electron chi connectivity index (χ3n) is 2.57. The van der Waals surface area contributed by atoms with Crippen LogP contribution in [-0.4, -0.2) is 22.6 Å². The van der Waals surface area contributed by atoms with E-state index in [2.05, 4.69) is 5.32 Å². The van der Waals surface area contributed by atoms with Crippen molar-refractivity contribution in [3.05, 3.63) is 39.9 Å². The molecule has 0 bridgehead atoms. The van der Waals surface area contributed by atoms with Gasteiger partial charge in [0, 0.05) is 18.5 Å². The molecule has 0 aliphatic carbocycles. The number of carboxylic acids is 1. The van der Waals surface area contributed by atoms with Crippen molar-refractivity contribution < 1.29 is 24.4 Å². The van der Waals surface area contributed by atoms with Crippen LogP contribution in [0.25, 0.3) is 0 Å². The van der Waals surface area contributed by atoms with Crippen LogP contribution in [0.1, 0.15) is 38.8 Å². The van der Waals surface area contributed by atoms with Gasteiger partial charge in [-0.15, -0.1) is 0 Å². The number of carboxylic acid groups (broad SMARTS) is 1. The van der Waals surface area contributed by atoms with E-state index < -0.39 is 35.0 Å². The number of hydrogen-bond donors (Lipinski definition) is 1. The van der Waals surface area contributed by atoms with Gasteiger partial charge in [0.25, 0.3) is 5.69 Å². The van der Waals surface area contributed by atoms with E-state index in [0.29, 0.717) is 0 Å². The van der Waals surface area contributed by atoms with Crippen LogP contribution in [0.3, 0.4) is 0 Å². The van der Waals surface area contributed by atoms with Gasteiger partial charge in [0.2, 0.25) is 0 Å². The van der Waals surface area contributed by atoms with Crippen molar-refractivity contribution >= 4 is 17.7 Å². The smallest absolute Gasteiger partial charge is 0.408 e. The number of amides is 1. The Bertz CT molecular complexity index is 579. The molecule has 1 N–H and O–H groups in total. The summed E-state index contributed by atoms with van der Waals surface area (Å²) in [6.45, 7) is 4.93. The van der Waals surface area contributed by atoms with Gasteiger partial charge in [0.15, 0.2) is 0 Å². The van der Waals surface area contributed by atoms with Crippen LogP contribution in [0.5, 0.6) is 0 Å². The molecule has 1 aromatic rings. The maximum atomic E-state index is 11.8. The number of nitro benzene ring substituents is 1. The summed E-state index contributed by atoms with van der Waals surface area (Å²) in [6, 6.07) is 4.45. The minimum atomic E-state index is -1.45. The highest BCUT2D eigenvalue weighted by atomic mass is 16.6. The number of hydrogen-bond acceptors (Lipinski definition) is 6. The minimum Gasteiger partial charge on any atom is -0.550 e. The normalized spacial score (nSPS) is 12.3. The average molecular weight is 309 g/mol. The molecule has 0 heterocycles. The van der Waals surface area contributed by atoms with Gasteiger partial charge in [-0.3, -0.25) is 10.1 Å². The Hall–Kier alpha value is -2.64. The van der Waals surface area contributed by atoms with Crippen molar-refractivity contribution in [1.82, 2.24) is 5.32 Å². The summed E-state index contributed by atoms with van der Waals surface area (Å²) in [7, 11) is 0. The molecule has 1 atom stereocenters. The molecule has 22 heavy (non-hydrogen) atoms. The lowest BCUT2D eigenvalue weighted by Crippen LogP contribution is -2.38. The van der Waals surface area contributed by atoms with E-state index in [1.54, 1.807) is 20.8 Å². The Morgan fingerprint density at radius 3 is 2.41 bits per heavy atom. The second kappa shape index (κ2) is 6.88. The third-order valence-corrected chi connectivity index (χ3v) is 2.57. The molecule has 0 aliphatic rings. The van der Waals surface area contributed by atoms with Crippen molar-refractivity contribution in [3.63, 3.8) is 0 Å². The highest BCUT2D eigenvalue weighted by Gasteiger charge is 2.25. The summed E-state index contributed by atoms with van der Waals surface area (Å²) < 4.78 is 5.04. The monoisotopic (exact) mass is 309 g/mol. The lowest BCUT2D eigenvalue weighted by molar-refractivity contribution is -0.385. The zero-order chi connectivity index (χ0) is 16.9. The molecule has 120 valence electrons. The quantitative estimate of drug-likeness (QED) is 0.646. The molecule has 8 nitrogen and oxygen atoms in total. The van der Waals surface area contributed by atoms with Crippen LogP contribution in [0.4, 0.5) is 10.5 Å². The molecule has 0 saturated heterocycles. The van der Waals surface area contributed by atoms with Crippen LogP contribution in [0.15, 0.2) is 24.3 Å². The highest BCUT2D eigenvalue weighted by Crippen LogP contribution is 2.27. The molecule has 1 amide bonds. The fourth-order valence-corrected chi connectivity index (χ4v) is 1.80. The lowest BCUT2D eigenvalue weighted by Gasteiger charge is -2.24. The first-order valence-corrected chi connectivity index (χ1v) is 6.53. The van der Waals surface area contributed by atoms with Crippen molar-refractivity contribution in [2.75, 3.05) is 0 Å². The molecule has 0 radical (unpaired) electrons. The number of aliphatic carboxylic acids is 1. The maximum Gasteiger partial charge on any atom is 0.408 e. The van der Waals surface area contributed by atoms with Gasteiger partial charge < -0.3 is 20.0 Å². The van der Waals surface area contributed by atoms with Crippen molar-refractivity contribution in [3.8, 4) is 0 Å². The van der Waals surface area contributed by atoms with Crippen molar-refractivity contribution in [2.24, 2.45) is 0 Å². The number of carbonyl (C=O) groups is 2. The number of benzene rings is 1. The summed E-state index contributed by atoms with van der Waals surface area (Å²) in [5.41, 5.74) is -0.994. The first-order valence-electron chi connectivity index (χ1n) is 6.53. The summed E-state index contributed by atoms with van der Waals surface area (Å²) in [5.74, 6) is -1.45. The zero-order valence-corrected chi connectivity index (χ0v) is 12.5. The first-order chi connectivity index (χ1) is 10.1. The second-order valence-electron chi connectivity index (χ2n) is 5.59. The first kappa shape index (κ1) is 17.4. The number of carbonyl (C=O) groups excluding carboxylic acids is 2. The Labute approximate surface area is 127 Å². The molecular weight excluding hydrogens is 292 g/mol. The van der Waals surface area contributed by atoms with E-state index >= 15 is 0 Å². The number of ether oxygens (including phenoxy) is 1. The van der Waals surface area contributed by atoms with Gasteiger partial charge in [-0.1, -0.05) is 18.2 Å². The summed E-state index contributed by atoms with van der Waals surface area (Å²) >= 11 is 0. The molecule has 0 spiro atoms. The van der Waals surface area contributed by atoms with Gasteiger partial charge in [0.1, 0.15) is 5.60 Å². The predicted octanol–water partition coefficient (Wildman–Crippen LogP) is 1.30. The van der Waals surface area contributed by atoms with E-state index in [9.17, 15) is 24.8 Å². The molecule has 0 aliphatic heterocycles. The Kier molecular flexibility index (Phi) is 5.44. The van der Waals surface area contributed by atoms with Crippen LogP contribution < -0.4 is 10.4 Å². The molecule has 0 aromatic heterocycles. The summed E-state index contributed by atoms with van der Waals surface area (Å²) in [4.78, 5) is 33.0. The van der Waals surface area contributed by atoms with E-state index in [-0.39, 0.29) is 11.3 Å². The van der Waals surface area contributed by atoms with Crippen LogP contribution >= 0.6 is 0 Å². The Balaban J connectivity index is 3.06. The molecule has 8 heteroatoms. The van der Waals surface area contributed by atoms with Crippen LogP contribution in [0.2, 0.25) is 0 Å². The van der Waals surface area contributed by atoms with Gasteiger partial charge in [-0.05, 0) is 20.8 Å². The number of nitrogens with one attached hydrogen (secondary N) is 1. The van der Waals surface area contributed by atoms with Gasteiger partial charge in [0.05, 0.1) is 16.5 Å². The SMILES string of the molecule is CC(C)(C)OC(=O)N[C@@H](CC(=O)[O-])c1ccccc1[N+](=O)[O-]. The molecule has 0 fully saturated rings. The molecular formula is C14H17N2O6-. The summed E-state index contributed by atoms with van der Waals surface area (Å²) in [6.07, 6.45) is -1.47. The number of para-hydroxylation sites is 1. The topological polar surface area (TPSA) is 122 Å².